The second-order valence-electron chi connectivity index (χ2n) is 3.81. The minimum Gasteiger partial charge on any atom is 0 e. The third-order valence-corrected chi connectivity index (χ3v) is 6.02. The maximum Gasteiger partial charge on any atom is 0 e. The smallest absolute Gasteiger partial charge is 0 e. The maximum atomic E-state index is 7.50. The Balaban J connectivity index is -0.000000159. The van der Waals surface area contributed by atoms with Gasteiger partial charge in [0.25, 0.3) is 0 Å². The van der Waals surface area contributed by atoms with Crippen molar-refractivity contribution >= 4 is 13.2 Å². The summed E-state index contributed by atoms with van der Waals surface area (Å²) >= 11 is 0. The monoisotopic (exact) mass is 512 g/mol. The summed E-state index contributed by atoms with van der Waals surface area (Å²) in [5.41, 5.74) is 1.97. The van der Waals surface area contributed by atoms with Crippen molar-refractivity contribution in [1.82, 2.24) is 0 Å². The Morgan fingerprint density at radius 1 is 0.792 bits per heavy atom. The molecular formula is C17H13O5PW. The zero-order valence-corrected chi connectivity index (χ0v) is 16.3. The maximum absolute atomic E-state index is 7.50. The summed E-state index contributed by atoms with van der Waals surface area (Å²) < 4.78 is 37.5. The first-order valence-corrected chi connectivity index (χ1v) is 7.47. The first-order chi connectivity index (χ1) is 11.5. The van der Waals surface area contributed by atoms with Crippen LogP contribution in [0.3, 0.4) is 0 Å². The molecule has 1 saturated heterocycles. The van der Waals surface area contributed by atoms with E-state index in [2.05, 4.69) is 75.7 Å². The van der Waals surface area contributed by atoms with E-state index >= 15 is 0 Å². The Morgan fingerprint density at radius 3 is 1.62 bits per heavy atom. The SMILES string of the molecule is C1=C[C@H]2[C@@H](CC1)[P@]2c1ccccc1.[C-]#[O+].[C-]#[O+].[C-]#[O+].[C-]#[O+].[C-]#[O+].[W]. The van der Waals surface area contributed by atoms with E-state index in [1.807, 2.05) is 0 Å². The summed E-state index contributed by atoms with van der Waals surface area (Å²) in [6, 6.07) is 11.1. The van der Waals surface area contributed by atoms with Crippen LogP contribution in [0.1, 0.15) is 12.8 Å². The molecule has 2 aliphatic rings. The molecule has 3 rings (SSSR count). The van der Waals surface area contributed by atoms with Crippen molar-refractivity contribution in [3.63, 3.8) is 0 Å². The fraction of sp³-hybridized carbons (Fsp3) is 0.235. The van der Waals surface area contributed by atoms with Gasteiger partial charge in [0.2, 0.25) is 0 Å². The first kappa shape index (κ1) is 30.6. The van der Waals surface area contributed by atoms with Gasteiger partial charge in [0.15, 0.2) is 0 Å². The van der Waals surface area contributed by atoms with Gasteiger partial charge < -0.3 is 0 Å². The van der Waals surface area contributed by atoms with Crippen LogP contribution in [0.4, 0.5) is 0 Å². The van der Waals surface area contributed by atoms with E-state index in [-0.39, 0.29) is 29.0 Å². The van der Waals surface area contributed by atoms with E-state index in [9.17, 15) is 0 Å². The number of fused-ring (bicyclic) bond motifs is 1. The molecule has 1 aromatic carbocycles. The topological polar surface area (TPSA) is 99.5 Å². The minimum atomic E-state index is 0. The molecule has 24 heavy (non-hydrogen) atoms. The van der Waals surface area contributed by atoms with E-state index in [4.69, 9.17) is 23.3 Å². The molecule has 1 aliphatic carbocycles. The Bertz CT molecular complexity index is 499. The van der Waals surface area contributed by atoms with Gasteiger partial charge in [-0.15, -0.1) is 0 Å². The molecule has 122 valence electrons. The molecule has 0 radical (unpaired) electrons. The van der Waals surface area contributed by atoms with Crippen LogP contribution in [0.15, 0.2) is 42.5 Å². The quantitative estimate of drug-likeness (QED) is 0.240. The molecule has 1 aromatic rings. The van der Waals surface area contributed by atoms with Crippen molar-refractivity contribution < 1.29 is 44.3 Å². The molecule has 1 fully saturated rings. The molecule has 0 saturated carbocycles. The Hall–Kier alpha value is -1.22. The van der Waals surface area contributed by atoms with Crippen LogP contribution in [0, 0.1) is 33.3 Å². The van der Waals surface area contributed by atoms with E-state index in [0.29, 0.717) is 0 Å². The van der Waals surface area contributed by atoms with Crippen LogP contribution in [0.25, 0.3) is 0 Å². The molecule has 0 spiro atoms. The largest absolute Gasteiger partial charge is 0 e. The first-order valence-electron chi connectivity index (χ1n) is 5.99. The van der Waals surface area contributed by atoms with E-state index in [0.717, 1.165) is 11.3 Å². The van der Waals surface area contributed by atoms with Gasteiger partial charge in [-0.25, -0.2) is 0 Å². The Labute approximate surface area is 157 Å². The zero-order chi connectivity index (χ0) is 18.7. The van der Waals surface area contributed by atoms with Crippen molar-refractivity contribution in [3.05, 3.63) is 75.7 Å². The fourth-order valence-corrected chi connectivity index (χ4v) is 5.33. The Morgan fingerprint density at radius 2 is 1.25 bits per heavy atom. The van der Waals surface area contributed by atoms with Crippen molar-refractivity contribution in [2.75, 3.05) is 0 Å². The molecule has 0 bridgehead atoms. The summed E-state index contributed by atoms with van der Waals surface area (Å²) in [5, 5.41) is 1.61. The van der Waals surface area contributed by atoms with E-state index < -0.39 is 0 Å². The van der Waals surface area contributed by atoms with Crippen LogP contribution in [-0.2, 0) is 44.3 Å². The predicted molar refractivity (Wildman–Crippen MR) is 78.6 cm³/mol. The van der Waals surface area contributed by atoms with Gasteiger partial charge in [-0.3, -0.25) is 0 Å². The predicted octanol–water partition coefficient (Wildman–Crippen LogP) is 2.70. The molecular weight excluding hydrogens is 499 g/mol. The van der Waals surface area contributed by atoms with Crippen molar-refractivity contribution in [1.29, 1.82) is 0 Å². The van der Waals surface area contributed by atoms with Gasteiger partial charge in [-0.1, -0.05) is 50.4 Å². The summed E-state index contributed by atoms with van der Waals surface area (Å²) in [4.78, 5) is 0. The molecule has 1 heterocycles. The van der Waals surface area contributed by atoms with E-state index in [1.54, 1.807) is 5.30 Å². The fourth-order valence-electron chi connectivity index (χ4n) is 2.30. The average molecular weight is 512 g/mol. The Kier molecular flexibility index (Phi) is 30.7. The van der Waals surface area contributed by atoms with Gasteiger partial charge in [0.1, 0.15) is 0 Å². The van der Waals surface area contributed by atoms with Crippen molar-refractivity contribution in [3.8, 4) is 0 Å². The summed E-state index contributed by atoms with van der Waals surface area (Å²) in [5.74, 6) is 0. The van der Waals surface area contributed by atoms with Crippen LogP contribution >= 0.6 is 7.92 Å². The number of rotatable bonds is 1. The van der Waals surface area contributed by atoms with Crippen LogP contribution in [0.5, 0.6) is 0 Å². The third kappa shape index (κ3) is 10.5. The second-order valence-corrected chi connectivity index (χ2v) is 6.40. The van der Waals surface area contributed by atoms with Crippen LogP contribution in [0.2, 0.25) is 0 Å². The molecule has 7 heteroatoms. The summed E-state index contributed by atoms with van der Waals surface area (Å²) in [7, 11) is 0.203. The molecule has 3 atom stereocenters. The minimum absolute atomic E-state index is 0. The molecule has 0 N–H and O–H groups in total. The number of benzene rings is 1. The number of hydrogen-bond acceptors (Lipinski definition) is 0. The average Bonchev–Trinajstić information content (AvgIpc) is 3.45. The van der Waals surface area contributed by atoms with Gasteiger partial charge in [-0.2, -0.15) is 0 Å². The van der Waals surface area contributed by atoms with Crippen LogP contribution in [-0.4, -0.2) is 11.3 Å². The third-order valence-electron chi connectivity index (χ3n) is 3.00. The summed E-state index contributed by atoms with van der Waals surface area (Å²) in [6.07, 6.45) is 7.56. The molecule has 0 aromatic heterocycles. The number of hydrogen-bond donors (Lipinski definition) is 0. The van der Waals surface area contributed by atoms with Gasteiger partial charge in [0.05, 0.1) is 0 Å². The van der Waals surface area contributed by atoms with Gasteiger partial charge in [-0.05, 0) is 23.8 Å². The normalized spacial score (nSPS) is 19.7. The van der Waals surface area contributed by atoms with Gasteiger partial charge >= 0.3 is 56.5 Å². The second kappa shape index (κ2) is 24.0. The number of allylic oxidation sites excluding steroid dienone is 2. The van der Waals surface area contributed by atoms with E-state index in [1.165, 1.54) is 12.8 Å². The van der Waals surface area contributed by atoms with Crippen molar-refractivity contribution in [2.24, 2.45) is 0 Å². The molecule has 5 nitrogen and oxygen atoms in total. The van der Waals surface area contributed by atoms with Crippen molar-refractivity contribution in [2.45, 2.75) is 24.2 Å². The van der Waals surface area contributed by atoms with Crippen LogP contribution < -0.4 is 5.30 Å². The molecule has 0 amide bonds. The molecule has 1 aliphatic heterocycles. The molecule has 0 unspecified atom stereocenters. The zero-order valence-electron chi connectivity index (χ0n) is 12.5. The summed E-state index contributed by atoms with van der Waals surface area (Å²) in [6.45, 7) is 22.5. The van der Waals surface area contributed by atoms with Gasteiger partial charge in [0, 0.05) is 26.7 Å². The standard InChI is InChI=1S/C12H13P.5CO.W/c1-2-6-10(7-3-1)13-11-8-4-5-9-12(11)13;5*1-2;/h1-4,6-8,11-12H,5,9H2;;;;;;/t11-,12+,13+;;;;;;/m0....../s1.